The SMILES string of the molecule is COOC(O)C=O. The van der Waals surface area contributed by atoms with E-state index in [-0.39, 0.29) is 6.29 Å². The molecule has 0 amide bonds. The van der Waals surface area contributed by atoms with Crippen molar-refractivity contribution >= 4 is 6.29 Å². The van der Waals surface area contributed by atoms with Crippen LogP contribution in [0, 0.1) is 0 Å². The predicted octanol–water partition coefficient (Wildman–Crippen LogP) is -0.918. The average Bonchev–Trinajstić information content (AvgIpc) is 1.68. The number of hydrogen-bond acceptors (Lipinski definition) is 4. The van der Waals surface area contributed by atoms with Gasteiger partial charge < -0.3 is 5.11 Å². The van der Waals surface area contributed by atoms with Crippen LogP contribution in [0.3, 0.4) is 0 Å². The first-order chi connectivity index (χ1) is 3.31. The van der Waals surface area contributed by atoms with Gasteiger partial charge in [0.15, 0.2) is 6.29 Å². The van der Waals surface area contributed by atoms with E-state index in [2.05, 4.69) is 9.78 Å². The van der Waals surface area contributed by atoms with Crippen molar-refractivity contribution in [2.45, 2.75) is 6.29 Å². The van der Waals surface area contributed by atoms with Gasteiger partial charge >= 0.3 is 0 Å². The van der Waals surface area contributed by atoms with Crippen molar-refractivity contribution in [2.24, 2.45) is 0 Å². The largest absolute Gasteiger partial charge is 0.360 e. The van der Waals surface area contributed by atoms with Crippen molar-refractivity contribution in [2.75, 3.05) is 7.11 Å². The summed E-state index contributed by atoms with van der Waals surface area (Å²) in [4.78, 5) is 17.2. The first kappa shape index (κ1) is 6.55. The lowest BCUT2D eigenvalue weighted by Gasteiger charge is -1.96. The van der Waals surface area contributed by atoms with Crippen LogP contribution >= 0.6 is 0 Å². The van der Waals surface area contributed by atoms with Crippen LogP contribution in [0.25, 0.3) is 0 Å². The molecule has 1 atom stereocenters. The van der Waals surface area contributed by atoms with Crippen molar-refractivity contribution < 1.29 is 19.7 Å². The molecule has 7 heavy (non-hydrogen) atoms. The van der Waals surface area contributed by atoms with E-state index >= 15 is 0 Å². The Hall–Kier alpha value is -0.450. The molecule has 0 aromatic rings. The molecule has 42 valence electrons. The molecule has 0 spiro atoms. The minimum Gasteiger partial charge on any atom is -0.360 e. The molecule has 0 radical (unpaired) electrons. The Morgan fingerprint density at radius 1 is 1.86 bits per heavy atom. The van der Waals surface area contributed by atoms with E-state index in [1.165, 1.54) is 7.11 Å². The Kier molecular flexibility index (Phi) is 3.49. The topological polar surface area (TPSA) is 55.8 Å². The van der Waals surface area contributed by atoms with Crippen molar-refractivity contribution in [3.05, 3.63) is 0 Å². The first-order valence-corrected chi connectivity index (χ1v) is 1.64. The number of carbonyl (C=O) groups excluding carboxylic acids is 1. The maximum absolute atomic E-state index is 9.44. The van der Waals surface area contributed by atoms with Gasteiger partial charge in [-0.15, -0.1) is 0 Å². The van der Waals surface area contributed by atoms with Gasteiger partial charge in [-0.25, -0.2) is 4.89 Å². The maximum atomic E-state index is 9.44. The van der Waals surface area contributed by atoms with Gasteiger partial charge in [0.25, 0.3) is 0 Å². The summed E-state index contributed by atoms with van der Waals surface area (Å²) < 4.78 is 0. The highest BCUT2D eigenvalue weighted by Crippen LogP contribution is 1.77. The minimum atomic E-state index is -1.45. The van der Waals surface area contributed by atoms with Gasteiger partial charge in [-0.3, -0.25) is 4.79 Å². The molecule has 4 heteroatoms. The molecule has 0 aromatic carbocycles. The van der Waals surface area contributed by atoms with Crippen molar-refractivity contribution in [3.63, 3.8) is 0 Å². The number of rotatable bonds is 3. The fourth-order valence-electron chi connectivity index (χ4n) is 0.121. The zero-order valence-corrected chi connectivity index (χ0v) is 3.83. The zero-order chi connectivity index (χ0) is 5.70. The third-order valence-corrected chi connectivity index (χ3v) is 0.311. The fraction of sp³-hybridized carbons (Fsp3) is 0.667. The molecule has 0 aliphatic heterocycles. The van der Waals surface area contributed by atoms with Crippen LogP contribution in [-0.4, -0.2) is 24.8 Å². The Morgan fingerprint density at radius 2 is 2.43 bits per heavy atom. The number of aliphatic hydroxyl groups is 1. The molecule has 1 unspecified atom stereocenters. The Morgan fingerprint density at radius 3 is 2.57 bits per heavy atom. The van der Waals surface area contributed by atoms with Gasteiger partial charge in [0.05, 0.1) is 7.11 Å². The normalized spacial score (nSPS) is 13.4. The summed E-state index contributed by atoms with van der Waals surface area (Å²) in [5.74, 6) is 0. The van der Waals surface area contributed by atoms with E-state index in [4.69, 9.17) is 5.11 Å². The third kappa shape index (κ3) is 3.38. The molecule has 0 aliphatic rings. The molecular weight excluding hydrogens is 100 g/mol. The number of hydrogen-bond donors (Lipinski definition) is 1. The Labute approximate surface area is 40.6 Å². The Bertz CT molecular complexity index is 52.9. The molecule has 0 aromatic heterocycles. The maximum Gasteiger partial charge on any atom is 0.245 e. The second-order valence-electron chi connectivity index (χ2n) is 0.790. The van der Waals surface area contributed by atoms with E-state index in [0.717, 1.165) is 0 Å². The zero-order valence-electron chi connectivity index (χ0n) is 3.83. The lowest BCUT2D eigenvalue weighted by Crippen LogP contribution is -2.11. The van der Waals surface area contributed by atoms with Gasteiger partial charge in [0.1, 0.15) is 0 Å². The number of carbonyl (C=O) groups is 1. The summed E-state index contributed by atoms with van der Waals surface area (Å²) in [5.41, 5.74) is 0. The minimum absolute atomic E-state index is 0.212. The fourth-order valence-corrected chi connectivity index (χ4v) is 0.121. The molecule has 0 rings (SSSR count). The number of aliphatic hydroxyl groups excluding tert-OH is 1. The van der Waals surface area contributed by atoms with Crippen molar-refractivity contribution in [3.8, 4) is 0 Å². The second kappa shape index (κ2) is 3.73. The molecule has 1 N–H and O–H groups in total. The lowest BCUT2D eigenvalue weighted by molar-refractivity contribution is -0.337. The van der Waals surface area contributed by atoms with Crippen LogP contribution in [0.15, 0.2) is 0 Å². The van der Waals surface area contributed by atoms with Crippen molar-refractivity contribution in [1.29, 1.82) is 0 Å². The summed E-state index contributed by atoms with van der Waals surface area (Å²) in [5, 5.41) is 8.14. The van der Waals surface area contributed by atoms with Crippen LogP contribution in [0.2, 0.25) is 0 Å². The van der Waals surface area contributed by atoms with E-state index in [1.54, 1.807) is 0 Å². The molecule has 0 saturated carbocycles. The Balaban J connectivity index is 2.98. The first-order valence-electron chi connectivity index (χ1n) is 1.64. The standard InChI is InChI=1S/C3H6O4/c1-6-7-3(5)2-4/h2-3,5H,1H3. The van der Waals surface area contributed by atoms with Crippen LogP contribution in [-0.2, 0) is 14.6 Å². The summed E-state index contributed by atoms with van der Waals surface area (Å²) in [6, 6.07) is 0. The van der Waals surface area contributed by atoms with Crippen LogP contribution in [0.4, 0.5) is 0 Å². The molecule has 0 heterocycles. The molecule has 0 bridgehead atoms. The van der Waals surface area contributed by atoms with Gasteiger partial charge in [-0.2, -0.15) is 4.89 Å². The van der Waals surface area contributed by atoms with Crippen molar-refractivity contribution in [1.82, 2.24) is 0 Å². The van der Waals surface area contributed by atoms with Gasteiger partial charge in [0, 0.05) is 0 Å². The molecule has 0 saturated heterocycles. The van der Waals surface area contributed by atoms with E-state index in [1.807, 2.05) is 0 Å². The lowest BCUT2D eigenvalue weighted by atomic mass is 10.8. The average molecular weight is 106 g/mol. The summed E-state index contributed by atoms with van der Waals surface area (Å²) in [6.07, 6.45) is -1.24. The second-order valence-corrected chi connectivity index (χ2v) is 0.790. The molecule has 0 fully saturated rings. The summed E-state index contributed by atoms with van der Waals surface area (Å²) in [6.45, 7) is 0. The van der Waals surface area contributed by atoms with Gasteiger partial charge in [-0.05, 0) is 0 Å². The monoisotopic (exact) mass is 106 g/mol. The van der Waals surface area contributed by atoms with E-state index in [0.29, 0.717) is 0 Å². The molecular formula is C3H6O4. The molecule has 4 nitrogen and oxygen atoms in total. The quantitative estimate of drug-likeness (QED) is 0.219. The predicted molar refractivity (Wildman–Crippen MR) is 20.2 cm³/mol. The van der Waals surface area contributed by atoms with Crippen LogP contribution in [0.1, 0.15) is 0 Å². The van der Waals surface area contributed by atoms with Crippen LogP contribution < -0.4 is 0 Å². The smallest absolute Gasteiger partial charge is 0.245 e. The van der Waals surface area contributed by atoms with E-state index in [9.17, 15) is 4.79 Å². The summed E-state index contributed by atoms with van der Waals surface area (Å²) >= 11 is 0. The highest BCUT2D eigenvalue weighted by molar-refractivity contribution is 5.52. The van der Waals surface area contributed by atoms with E-state index < -0.39 is 6.29 Å². The third-order valence-electron chi connectivity index (χ3n) is 0.311. The highest BCUT2D eigenvalue weighted by atomic mass is 17.2. The summed E-state index contributed by atoms with van der Waals surface area (Å²) in [7, 11) is 1.20. The number of aldehydes is 1. The van der Waals surface area contributed by atoms with Gasteiger partial charge in [-0.1, -0.05) is 0 Å². The van der Waals surface area contributed by atoms with Gasteiger partial charge in [0.2, 0.25) is 6.29 Å². The highest BCUT2D eigenvalue weighted by Gasteiger charge is 1.96. The molecule has 0 aliphatic carbocycles. The van der Waals surface area contributed by atoms with Crippen LogP contribution in [0.5, 0.6) is 0 Å².